The fourth-order valence-electron chi connectivity index (χ4n) is 3.45. The van der Waals surface area contributed by atoms with Crippen molar-refractivity contribution in [2.24, 2.45) is 7.05 Å². The molecular formula is C21H22N2O3. The lowest BCUT2D eigenvalue weighted by Crippen LogP contribution is -2.42. The third-order valence-electron chi connectivity index (χ3n) is 4.96. The second-order valence-corrected chi connectivity index (χ2v) is 6.59. The Morgan fingerprint density at radius 1 is 1.15 bits per heavy atom. The first-order chi connectivity index (χ1) is 12.7. The molecule has 0 saturated carbocycles. The van der Waals surface area contributed by atoms with E-state index >= 15 is 0 Å². The van der Waals surface area contributed by atoms with Crippen LogP contribution in [0.15, 0.2) is 54.7 Å². The van der Waals surface area contributed by atoms with E-state index in [1.54, 1.807) is 7.11 Å². The maximum absolute atomic E-state index is 12.8. The molecule has 5 heteroatoms. The highest BCUT2D eigenvalue weighted by Gasteiger charge is 2.27. The normalized spacial score (nSPS) is 17.5. The predicted octanol–water partition coefficient (Wildman–Crippen LogP) is 3.40. The Morgan fingerprint density at radius 3 is 2.73 bits per heavy atom. The number of hydrogen-bond acceptors (Lipinski definition) is 3. The zero-order chi connectivity index (χ0) is 18.1. The Morgan fingerprint density at radius 2 is 1.96 bits per heavy atom. The van der Waals surface area contributed by atoms with Gasteiger partial charge in [0, 0.05) is 19.8 Å². The molecule has 0 aliphatic carbocycles. The molecule has 1 amide bonds. The molecule has 3 aromatic rings. The molecule has 2 aromatic carbocycles. The Bertz CT molecular complexity index is 947. The molecule has 1 saturated heterocycles. The minimum Gasteiger partial charge on any atom is -0.497 e. The maximum atomic E-state index is 12.8. The number of morpholine rings is 1. The Balaban J connectivity index is 1.57. The molecule has 134 valence electrons. The van der Waals surface area contributed by atoms with Gasteiger partial charge in [0.2, 0.25) is 0 Å². The molecule has 26 heavy (non-hydrogen) atoms. The molecule has 1 aromatic heterocycles. The molecule has 0 spiro atoms. The number of carbonyl (C=O) groups excluding carboxylic acids is 1. The molecule has 2 heterocycles. The average molecular weight is 350 g/mol. The molecule has 0 bridgehead atoms. The number of fused-ring (bicyclic) bond motifs is 1. The van der Waals surface area contributed by atoms with Crippen LogP contribution in [0.3, 0.4) is 0 Å². The molecule has 1 aliphatic rings. The molecule has 0 N–H and O–H groups in total. The van der Waals surface area contributed by atoms with Gasteiger partial charge in [-0.15, -0.1) is 0 Å². The summed E-state index contributed by atoms with van der Waals surface area (Å²) in [6.45, 7) is 1.72. The highest BCUT2D eigenvalue weighted by Crippen LogP contribution is 2.28. The Hall–Kier alpha value is -2.79. The van der Waals surface area contributed by atoms with Crippen LogP contribution in [-0.4, -0.2) is 42.2 Å². The molecule has 5 nitrogen and oxygen atoms in total. The highest BCUT2D eigenvalue weighted by atomic mass is 16.5. The summed E-state index contributed by atoms with van der Waals surface area (Å²) < 4.78 is 13.1. The zero-order valence-electron chi connectivity index (χ0n) is 15.0. The number of ether oxygens (including phenoxy) is 2. The van der Waals surface area contributed by atoms with E-state index in [1.165, 1.54) is 0 Å². The molecule has 1 fully saturated rings. The van der Waals surface area contributed by atoms with Crippen LogP contribution < -0.4 is 4.74 Å². The number of rotatable bonds is 3. The summed E-state index contributed by atoms with van der Waals surface area (Å²) >= 11 is 0. The van der Waals surface area contributed by atoms with Crippen LogP contribution in [0, 0.1) is 0 Å². The number of aryl methyl sites for hydroxylation is 1. The van der Waals surface area contributed by atoms with Gasteiger partial charge in [-0.2, -0.15) is 0 Å². The largest absolute Gasteiger partial charge is 0.497 e. The molecular weight excluding hydrogens is 328 g/mol. The van der Waals surface area contributed by atoms with Crippen LogP contribution in [0.25, 0.3) is 10.8 Å². The first kappa shape index (κ1) is 16.7. The van der Waals surface area contributed by atoms with Gasteiger partial charge in [0.15, 0.2) is 0 Å². The minimum atomic E-state index is -0.112. The lowest BCUT2D eigenvalue weighted by Gasteiger charge is -2.33. The number of hydrogen-bond donors (Lipinski definition) is 0. The van der Waals surface area contributed by atoms with Crippen molar-refractivity contribution < 1.29 is 14.3 Å². The molecule has 1 atom stereocenters. The number of benzene rings is 2. The van der Waals surface area contributed by atoms with E-state index in [2.05, 4.69) is 18.2 Å². The first-order valence-electron chi connectivity index (χ1n) is 8.75. The fraction of sp³-hybridized carbons (Fsp3) is 0.286. The number of nitrogens with zero attached hydrogens (tertiary/aromatic N) is 2. The van der Waals surface area contributed by atoms with Gasteiger partial charge >= 0.3 is 0 Å². The zero-order valence-corrected chi connectivity index (χ0v) is 15.0. The van der Waals surface area contributed by atoms with Crippen molar-refractivity contribution >= 4 is 16.7 Å². The van der Waals surface area contributed by atoms with Crippen molar-refractivity contribution in [3.8, 4) is 5.75 Å². The van der Waals surface area contributed by atoms with Crippen LogP contribution in [-0.2, 0) is 11.8 Å². The summed E-state index contributed by atoms with van der Waals surface area (Å²) in [6.07, 6.45) is 1.78. The van der Waals surface area contributed by atoms with Gasteiger partial charge in [-0.1, -0.05) is 18.2 Å². The van der Waals surface area contributed by atoms with Crippen molar-refractivity contribution in [2.75, 3.05) is 26.8 Å². The van der Waals surface area contributed by atoms with Crippen molar-refractivity contribution in [3.63, 3.8) is 0 Å². The van der Waals surface area contributed by atoms with Gasteiger partial charge in [0.25, 0.3) is 5.91 Å². The summed E-state index contributed by atoms with van der Waals surface area (Å²) in [7, 11) is 3.56. The highest BCUT2D eigenvalue weighted by molar-refractivity contribution is 5.93. The van der Waals surface area contributed by atoms with E-state index in [0.717, 1.165) is 22.1 Å². The van der Waals surface area contributed by atoms with Crippen molar-refractivity contribution in [1.29, 1.82) is 0 Å². The van der Waals surface area contributed by atoms with E-state index in [0.29, 0.717) is 25.4 Å². The third kappa shape index (κ3) is 3.06. The number of carbonyl (C=O) groups is 1. The summed E-state index contributed by atoms with van der Waals surface area (Å²) in [6, 6.07) is 16.1. The maximum Gasteiger partial charge on any atom is 0.270 e. The lowest BCUT2D eigenvalue weighted by atomic mass is 10.0. The van der Waals surface area contributed by atoms with Crippen LogP contribution in [0.2, 0.25) is 0 Å². The second kappa shape index (κ2) is 6.84. The van der Waals surface area contributed by atoms with Crippen molar-refractivity contribution in [2.45, 2.75) is 6.10 Å². The Kier molecular flexibility index (Phi) is 4.39. The van der Waals surface area contributed by atoms with Crippen LogP contribution in [0.1, 0.15) is 22.2 Å². The second-order valence-electron chi connectivity index (χ2n) is 6.59. The molecule has 1 aliphatic heterocycles. The van der Waals surface area contributed by atoms with Gasteiger partial charge in [-0.25, -0.2) is 0 Å². The van der Waals surface area contributed by atoms with E-state index in [1.807, 2.05) is 53.0 Å². The van der Waals surface area contributed by atoms with Crippen molar-refractivity contribution in [3.05, 3.63) is 66.0 Å². The number of aromatic nitrogens is 1. The van der Waals surface area contributed by atoms with Crippen LogP contribution in [0.5, 0.6) is 5.75 Å². The third-order valence-corrected chi connectivity index (χ3v) is 4.96. The SMILES string of the molecule is COc1ccc2cc([C@@H]3CN(C(=O)c4cccn4C)CCO3)ccc2c1. The van der Waals surface area contributed by atoms with E-state index in [4.69, 9.17) is 9.47 Å². The summed E-state index contributed by atoms with van der Waals surface area (Å²) in [5.41, 5.74) is 1.79. The lowest BCUT2D eigenvalue weighted by molar-refractivity contribution is -0.0230. The van der Waals surface area contributed by atoms with Gasteiger partial charge in [0.1, 0.15) is 17.5 Å². The van der Waals surface area contributed by atoms with E-state index in [-0.39, 0.29) is 12.0 Å². The molecule has 0 radical (unpaired) electrons. The van der Waals surface area contributed by atoms with Gasteiger partial charge in [-0.3, -0.25) is 4.79 Å². The van der Waals surface area contributed by atoms with Crippen LogP contribution >= 0.6 is 0 Å². The predicted molar refractivity (Wildman–Crippen MR) is 101 cm³/mol. The summed E-state index contributed by atoms with van der Waals surface area (Å²) in [5.74, 6) is 0.898. The first-order valence-corrected chi connectivity index (χ1v) is 8.75. The van der Waals surface area contributed by atoms with Crippen LogP contribution in [0.4, 0.5) is 0 Å². The standard InChI is InChI=1S/C21H22N2O3/c1-22-9-3-4-19(22)21(24)23-10-11-26-20(14-23)17-6-5-16-13-18(25-2)8-7-15(16)12-17/h3-9,12-13,20H,10-11,14H2,1-2H3/t20-/m0/s1. The molecule has 4 rings (SSSR count). The molecule has 0 unspecified atom stereocenters. The van der Waals surface area contributed by atoms with Crippen molar-refractivity contribution in [1.82, 2.24) is 9.47 Å². The van der Waals surface area contributed by atoms with Gasteiger partial charge in [-0.05, 0) is 46.7 Å². The smallest absolute Gasteiger partial charge is 0.270 e. The summed E-state index contributed by atoms with van der Waals surface area (Å²) in [5, 5.41) is 2.26. The average Bonchev–Trinajstić information content (AvgIpc) is 3.12. The monoisotopic (exact) mass is 350 g/mol. The number of amides is 1. The van der Waals surface area contributed by atoms with Gasteiger partial charge in [0.05, 0.1) is 20.3 Å². The summed E-state index contributed by atoms with van der Waals surface area (Å²) in [4.78, 5) is 14.7. The quantitative estimate of drug-likeness (QED) is 0.727. The van der Waals surface area contributed by atoms with Gasteiger partial charge < -0.3 is 18.9 Å². The van der Waals surface area contributed by atoms with E-state index in [9.17, 15) is 4.79 Å². The fourth-order valence-corrected chi connectivity index (χ4v) is 3.45. The minimum absolute atomic E-state index is 0.0522. The Labute approximate surface area is 152 Å². The number of methoxy groups -OCH3 is 1. The topological polar surface area (TPSA) is 43.7 Å². The van der Waals surface area contributed by atoms with E-state index < -0.39 is 0 Å².